The zero-order valence-corrected chi connectivity index (χ0v) is 12.3. The molecule has 3 rings (SSSR count). The first-order valence-corrected chi connectivity index (χ1v) is 7.24. The van der Waals surface area contributed by atoms with Crippen LogP contribution in [0.15, 0.2) is 54.6 Å². The Morgan fingerprint density at radius 1 is 1.17 bits per heavy atom. The molecule has 2 N–H and O–H groups in total. The van der Waals surface area contributed by atoms with Crippen LogP contribution < -0.4 is 10.6 Å². The molecule has 0 radical (unpaired) electrons. The summed E-state index contributed by atoms with van der Waals surface area (Å²) in [7, 11) is 0. The van der Waals surface area contributed by atoms with Crippen LogP contribution in [0, 0.1) is 5.82 Å². The molecule has 2 aromatic carbocycles. The van der Waals surface area contributed by atoms with Gasteiger partial charge in [-0.25, -0.2) is 4.39 Å². The Hall–Kier alpha value is -2.95. The average Bonchev–Trinajstić information content (AvgIpc) is 2.55. The van der Waals surface area contributed by atoms with Crippen molar-refractivity contribution in [2.24, 2.45) is 5.73 Å². The highest BCUT2D eigenvalue weighted by Crippen LogP contribution is 2.29. The molecule has 2 amide bonds. The summed E-state index contributed by atoms with van der Waals surface area (Å²) in [6.07, 6.45) is 3.91. The van der Waals surface area contributed by atoms with E-state index >= 15 is 0 Å². The molecule has 0 saturated heterocycles. The van der Waals surface area contributed by atoms with Crippen molar-refractivity contribution in [3.63, 3.8) is 0 Å². The molecule has 1 aliphatic heterocycles. The van der Waals surface area contributed by atoms with Crippen LogP contribution in [0.1, 0.15) is 16.8 Å². The van der Waals surface area contributed by atoms with Gasteiger partial charge in [0.05, 0.1) is 5.69 Å². The zero-order valence-electron chi connectivity index (χ0n) is 12.3. The standard InChI is InChI=1S/C18H15FN2O2/c19-15-11-12(13-5-1-2-6-14(13)18(20)23)8-9-16(15)21-10-4-3-7-17(21)22/h1-3,5-9,11H,4,10H2,(H2,20,23). The maximum Gasteiger partial charge on any atom is 0.250 e. The Morgan fingerprint density at radius 2 is 1.96 bits per heavy atom. The van der Waals surface area contributed by atoms with E-state index in [1.54, 1.807) is 42.5 Å². The molecular weight excluding hydrogens is 295 g/mol. The normalized spacial score (nSPS) is 14.1. The number of benzene rings is 2. The highest BCUT2D eigenvalue weighted by molar-refractivity contribution is 6.03. The van der Waals surface area contributed by atoms with E-state index in [9.17, 15) is 14.0 Å². The SMILES string of the molecule is NC(=O)c1ccccc1-c1ccc(N2CCC=CC2=O)c(F)c1. The zero-order chi connectivity index (χ0) is 16.4. The third-order valence-electron chi connectivity index (χ3n) is 3.79. The number of hydrogen-bond donors (Lipinski definition) is 1. The quantitative estimate of drug-likeness (QED) is 0.947. The number of amides is 2. The highest BCUT2D eigenvalue weighted by atomic mass is 19.1. The van der Waals surface area contributed by atoms with E-state index in [1.165, 1.54) is 17.0 Å². The van der Waals surface area contributed by atoms with Crippen molar-refractivity contribution in [3.8, 4) is 11.1 Å². The second-order valence-electron chi connectivity index (χ2n) is 5.26. The fourth-order valence-electron chi connectivity index (χ4n) is 2.67. The van der Waals surface area contributed by atoms with E-state index in [2.05, 4.69) is 0 Å². The van der Waals surface area contributed by atoms with Crippen LogP contribution >= 0.6 is 0 Å². The summed E-state index contributed by atoms with van der Waals surface area (Å²) >= 11 is 0. The number of carbonyl (C=O) groups is 2. The minimum atomic E-state index is -0.568. The van der Waals surface area contributed by atoms with Gasteiger partial charge in [0.1, 0.15) is 5.82 Å². The lowest BCUT2D eigenvalue weighted by atomic mass is 9.98. The number of hydrogen-bond acceptors (Lipinski definition) is 2. The number of anilines is 1. The lowest BCUT2D eigenvalue weighted by Crippen LogP contribution is -2.33. The van der Waals surface area contributed by atoms with Gasteiger partial charge in [-0.1, -0.05) is 30.3 Å². The van der Waals surface area contributed by atoms with Gasteiger partial charge in [0, 0.05) is 12.1 Å². The lowest BCUT2D eigenvalue weighted by Gasteiger charge is -2.24. The van der Waals surface area contributed by atoms with Crippen LogP contribution in [0.25, 0.3) is 11.1 Å². The summed E-state index contributed by atoms with van der Waals surface area (Å²) in [6.45, 7) is 0.448. The van der Waals surface area contributed by atoms with Crippen molar-refractivity contribution in [3.05, 3.63) is 66.0 Å². The first-order chi connectivity index (χ1) is 11.1. The third kappa shape index (κ3) is 2.85. The number of rotatable bonds is 3. The van der Waals surface area contributed by atoms with Crippen molar-refractivity contribution in [2.45, 2.75) is 6.42 Å². The number of carbonyl (C=O) groups excluding carboxylic acids is 2. The molecule has 0 bridgehead atoms. The van der Waals surface area contributed by atoms with Gasteiger partial charge in [0.2, 0.25) is 5.91 Å². The Bertz CT molecular complexity index is 814. The van der Waals surface area contributed by atoms with Gasteiger partial charge in [0.15, 0.2) is 0 Å². The van der Waals surface area contributed by atoms with Gasteiger partial charge in [0.25, 0.3) is 5.91 Å². The first-order valence-electron chi connectivity index (χ1n) is 7.24. The van der Waals surface area contributed by atoms with Crippen LogP contribution in [0.2, 0.25) is 0 Å². The molecule has 2 aromatic rings. The number of nitrogens with zero attached hydrogens (tertiary/aromatic N) is 1. The van der Waals surface area contributed by atoms with Gasteiger partial charge >= 0.3 is 0 Å². The molecule has 0 spiro atoms. The van der Waals surface area contributed by atoms with Crippen molar-refractivity contribution < 1.29 is 14.0 Å². The Kier molecular flexibility index (Phi) is 3.93. The summed E-state index contributed by atoms with van der Waals surface area (Å²) in [5.41, 5.74) is 7.04. The first kappa shape index (κ1) is 15.0. The maximum absolute atomic E-state index is 14.5. The molecule has 0 aliphatic carbocycles. The Morgan fingerprint density at radius 3 is 2.65 bits per heavy atom. The minimum Gasteiger partial charge on any atom is -0.366 e. The van der Waals surface area contributed by atoms with Crippen molar-refractivity contribution in [2.75, 3.05) is 11.4 Å². The monoisotopic (exact) mass is 310 g/mol. The van der Waals surface area contributed by atoms with E-state index in [0.29, 0.717) is 29.7 Å². The predicted molar refractivity (Wildman–Crippen MR) is 86.5 cm³/mol. The highest BCUT2D eigenvalue weighted by Gasteiger charge is 2.20. The second-order valence-corrected chi connectivity index (χ2v) is 5.26. The molecule has 116 valence electrons. The third-order valence-corrected chi connectivity index (χ3v) is 3.79. The molecule has 1 aliphatic rings. The number of nitrogens with two attached hydrogens (primary N) is 1. The molecule has 0 saturated carbocycles. The molecule has 0 aromatic heterocycles. The van der Waals surface area contributed by atoms with Crippen LogP contribution in [0.3, 0.4) is 0 Å². The largest absolute Gasteiger partial charge is 0.366 e. The number of primary amides is 1. The van der Waals surface area contributed by atoms with E-state index in [1.807, 2.05) is 0 Å². The Labute approximate surface area is 133 Å². The minimum absolute atomic E-state index is 0.236. The topological polar surface area (TPSA) is 63.4 Å². The molecular formula is C18H15FN2O2. The van der Waals surface area contributed by atoms with Gasteiger partial charge in [-0.3, -0.25) is 9.59 Å². The van der Waals surface area contributed by atoms with Crippen molar-refractivity contribution >= 4 is 17.5 Å². The molecule has 0 atom stereocenters. The molecule has 23 heavy (non-hydrogen) atoms. The van der Waals surface area contributed by atoms with E-state index < -0.39 is 11.7 Å². The van der Waals surface area contributed by atoms with Gasteiger partial charge in [-0.05, 0) is 41.8 Å². The lowest BCUT2D eigenvalue weighted by molar-refractivity contribution is -0.114. The smallest absolute Gasteiger partial charge is 0.250 e. The molecule has 0 unspecified atom stereocenters. The van der Waals surface area contributed by atoms with Crippen LogP contribution in [0.5, 0.6) is 0 Å². The van der Waals surface area contributed by atoms with E-state index in [-0.39, 0.29) is 11.6 Å². The van der Waals surface area contributed by atoms with Gasteiger partial charge < -0.3 is 10.6 Å². The summed E-state index contributed by atoms with van der Waals surface area (Å²) in [6, 6.07) is 11.3. The van der Waals surface area contributed by atoms with Crippen LogP contribution in [-0.4, -0.2) is 18.4 Å². The molecule has 1 heterocycles. The van der Waals surface area contributed by atoms with Gasteiger partial charge in [-0.15, -0.1) is 0 Å². The maximum atomic E-state index is 14.5. The summed E-state index contributed by atoms with van der Waals surface area (Å²) in [5, 5.41) is 0. The van der Waals surface area contributed by atoms with E-state index in [4.69, 9.17) is 5.73 Å². The average molecular weight is 310 g/mol. The Balaban J connectivity index is 2.02. The summed E-state index contributed by atoms with van der Waals surface area (Å²) in [4.78, 5) is 24.8. The van der Waals surface area contributed by atoms with Crippen molar-refractivity contribution in [1.29, 1.82) is 0 Å². The van der Waals surface area contributed by atoms with Crippen LogP contribution in [-0.2, 0) is 4.79 Å². The van der Waals surface area contributed by atoms with E-state index in [0.717, 1.165) is 0 Å². The fraction of sp³-hybridized carbons (Fsp3) is 0.111. The summed E-state index contributed by atoms with van der Waals surface area (Å²) < 4.78 is 14.5. The number of halogens is 1. The molecule has 4 nitrogen and oxygen atoms in total. The summed E-state index contributed by atoms with van der Waals surface area (Å²) in [5.74, 6) is -1.31. The fourth-order valence-corrected chi connectivity index (χ4v) is 2.67. The second kappa shape index (κ2) is 6.04. The predicted octanol–water partition coefficient (Wildman–Crippen LogP) is 2.88. The van der Waals surface area contributed by atoms with Crippen molar-refractivity contribution in [1.82, 2.24) is 0 Å². The van der Waals surface area contributed by atoms with Crippen LogP contribution in [0.4, 0.5) is 10.1 Å². The van der Waals surface area contributed by atoms with Gasteiger partial charge in [-0.2, -0.15) is 0 Å². The molecule has 5 heteroatoms. The molecule has 0 fully saturated rings.